The normalized spacial score (nSPS) is 15.5. The molecule has 0 atom stereocenters. The fourth-order valence-electron chi connectivity index (χ4n) is 2.41. The molecule has 3 rings (SSSR count). The summed E-state index contributed by atoms with van der Waals surface area (Å²) in [7, 11) is 0. The van der Waals surface area contributed by atoms with Gasteiger partial charge in [0.15, 0.2) is 0 Å². The average molecular weight is 358 g/mol. The van der Waals surface area contributed by atoms with Crippen molar-refractivity contribution in [3.63, 3.8) is 0 Å². The maximum absolute atomic E-state index is 5.84. The number of thiocarbonyl (C=S) groups is 2. The quantitative estimate of drug-likeness (QED) is 0.706. The molecule has 0 fully saturated rings. The van der Waals surface area contributed by atoms with Gasteiger partial charge in [-0.25, -0.2) is 0 Å². The van der Waals surface area contributed by atoms with Crippen molar-refractivity contribution >= 4 is 34.4 Å². The van der Waals surface area contributed by atoms with Crippen LogP contribution >= 0.6 is 24.4 Å². The van der Waals surface area contributed by atoms with Crippen LogP contribution in [0.4, 0.5) is 0 Å². The highest BCUT2D eigenvalue weighted by molar-refractivity contribution is 7.81. The molecular weight excluding hydrogens is 340 g/mol. The van der Waals surface area contributed by atoms with Crippen molar-refractivity contribution in [1.29, 1.82) is 0 Å². The van der Waals surface area contributed by atoms with E-state index >= 15 is 0 Å². The van der Waals surface area contributed by atoms with E-state index in [2.05, 4.69) is 10.6 Å². The summed E-state index contributed by atoms with van der Waals surface area (Å²) in [5.41, 5.74) is 1.76. The topological polar surface area (TPSA) is 42.5 Å². The van der Waals surface area contributed by atoms with Crippen molar-refractivity contribution < 1.29 is 9.47 Å². The van der Waals surface area contributed by atoms with Gasteiger partial charge >= 0.3 is 0 Å². The monoisotopic (exact) mass is 358 g/mol. The van der Waals surface area contributed by atoms with Crippen molar-refractivity contribution in [2.75, 3.05) is 26.3 Å². The smallest absolute Gasteiger partial charge is 0.129 e. The van der Waals surface area contributed by atoms with Crippen LogP contribution in [0.1, 0.15) is 11.1 Å². The lowest BCUT2D eigenvalue weighted by molar-refractivity contribution is 0.216. The first-order valence-electron chi connectivity index (χ1n) is 7.76. The Morgan fingerprint density at radius 2 is 1.08 bits per heavy atom. The van der Waals surface area contributed by atoms with Crippen LogP contribution in [0.15, 0.2) is 48.5 Å². The van der Waals surface area contributed by atoms with Crippen molar-refractivity contribution in [3.05, 3.63) is 59.7 Å². The molecule has 0 bridgehead atoms. The summed E-state index contributed by atoms with van der Waals surface area (Å²) in [5, 5.41) is 6.47. The van der Waals surface area contributed by atoms with E-state index in [1.54, 1.807) is 0 Å². The lowest BCUT2D eigenvalue weighted by Crippen LogP contribution is -2.34. The van der Waals surface area contributed by atoms with Crippen molar-refractivity contribution in [3.8, 4) is 11.5 Å². The minimum Gasteiger partial charge on any atom is -0.489 e. The summed E-state index contributed by atoms with van der Waals surface area (Å²) >= 11 is 10.9. The van der Waals surface area contributed by atoms with E-state index in [1.165, 1.54) is 0 Å². The Kier molecular flexibility index (Phi) is 5.61. The van der Waals surface area contributed by atoms with Gasteiger partial charge in [-0.05, 0) is 24.3 Å². The van der Waals surface area contributed by atoms with Gasteiger partial charge in [0.25, 0.3) is 0 Å². The Bertz CT molecular complexity index is 686. The molecule has 6 heteroatoms. The molecule has 0 unspecified atom stereocenters. The number of fused-ring (bicyclic) bond motifs is 2. The maximum Gasteiger partial charge on any atom is 0.129 e. The van der Waals surface area contributed by atoms with E-state index in [1.807, 2.05) is 48.5 Å². The fraction of sp³-hybridized carbons (Fsp3) is 0.222. The van der Waals surface area contributed by atoms with Crippen LogP contribution in [0.3, 0.4) is 0 Å². The third kappa shape index (κ3) is 4.01. The lowest BCUT2D eigenvalue weighted by Gasteiger charge is -2.17. The van der Waals surface area contributed by atoms with Crippen LogP contribution in [0.5, 0.6) is 11.5 Å². The summed E-state index contributed by atoms with van der Waals surface area (Å²) in [6.07, 6.45) is 0. The third-order valence-electron chi connectivity index (χ3n) is 3.56. The summed E-state index contributed by atoms with van der Waals surface area (Å²) < 4.78 is 11.7. The van der Waals surface area contributed by atoms with Crippen molar-refractivity contribution in [1.82, 2.24) is 10.6 Å². The van der Waals surface area contributed by atoms with Crippen molar-refractivity contribution in [2.45, 2.75) is 0 Å². The molecule has 0 spiro atoms. The summed E-state index contributed by atoms with van der Waals surface area (Å²) in [6, 6.07) is 15.5. The van der Waals surface area contributed by atoms with E-state index in [4.69, 9.17) is 33.9 Å². The highest BCUT2D eigenvalue weighted by Crippen LogP contribution is 2.20. The number of hydrogen-bond acceptors (Lipinski definition) is 4. The zero-order valence-corrected chi connectivity index (χ0v) is 14.7. The molecule has 124 valence electrons. The van der Waals surface area contributed by atoms with E-state index in [0.717, 1.165) is 22.6 Å². The second kappa shape index (κ2) is 8.08. The summed E-state index contributed by atoms with van der Waals surface area (Å²) in [5.74, 6) is 1.51. The second-order valence-corrected chi connectivity index (χ2v) is 6.02. The molecule has 4 nitrogen and oxygen atoms in total. The number of rotatable bonds is 0. The molecule has 0 saturated heterocycles. The highest BCUT2D eigenvalue weighted by Gasteiger charge is 2.11. The minimum absolute atomic E-state index is 0.425. The van der Waals surface area contributed by atoms with Gasteiger partial charge < -0.3 is 20.1 Å². The van der Waals surface area contributed by atoms with Crippen LogP contribution < -0.4 is 20.1 Å². The number of nitrogens with one attached hydrogen (secondary N) is 2. The molecule has 0 aromatic heterocycles. The molecule has 0 saturated carbocycles. The first-order chi connectivity index (χ1) is 11.8. The first-order valence-corrected chi connectivity index (χ1v) is 8.57. The van der Waals surface area contributed by atoms with Gasteiger partial charge in [-0.1, -0.05) is 48.7 Å². The Balaban J connectivity index is 1.80. The Hall–Kier alpha value is -2.18. The number of para-hydroxylation sites is 2. The van der Waals surface area contributed by atoms with E-state index in [-0.39, 0.29) is 0 Å². The van der Waals surface area contributed by atoms with Crippen LogP contribution in [0.2, 0.25) is 0 Å². The Labute approximate surface area is 152 Å². The second-order valence-electron chi connectivity index (χ2n) is 5.20. The molecule has 1 heterocycles. The molecule has 0 radical (unpaired) electrons. The van der Waals surface area contributed by atoms with Gasteiger partial charge in [0, 0.05) is 13.1 Å². The lowest BCUT2D eigenvalue weighted by atomic mass is 10.2. The molecule has 2 aromatic rings. The predicted octanol–water partition coefficient (Wildman–Crippen LogP) is 2.69. The maximum atomic E-state index is 5.84. The molecule has 1 aliphatic heterocycles. The fourth-order valence-corrected chi connectivity index (χ4v) is 2.95. The molecule has 0 amide bonds. The standard InChI is InChI=1S/C18H18N2O2S2/c23-17-13-5-1-3-7-15(13)21-11-12-22-16-8-4-2-6-14(16)18(24)20-10-9-19-17/h1-8H,9-12H2,(H,19,23)(H,20,24). The number of hydrogen-bond donors (Lipinski definition) is 2. The van der Waals surface area contributed by atoms with Gasteiger partial charge in [0.2, 0.25) is 0 Å². The number of benzene rings is 2. The molecule has 2 aromatic carbocycles. The van der Waals surface area contributed by atoms with Gasteiger partial charge in [-0.2, -0.15) is 0 Å². The summed E-state index contributed by atoms with van der Waals surface area (Å²) in [4.78, 5) is 1.33. The molecule has 0 aliphatic carbocycles. The SMILES string of the molecule is S=C1NCCNC(=S)c2ccccc2OCCOc2ccccc21. The zero-order chi connectivity index (χ0) is 16.8. The molecule has 24 heavy (non-hydrogen) atoms. The molecular formula is C18H18N2O2S2. The zero-order valence-electron chi connectivity index (χ0n) is 13.1. The van der Waals surface area contributed by atoms with Crippen LogP contribution in [-0.4, -0.2) is 36.3 Å². The van der Waals surface area contributed by atoms with Gasteiger partial charge in [0.1, 0.15) is 34.7 Å². The van der Waals surface area contributed by atoms with Gasteiger partial charge in [-0.3, -0.25) is 0 Å². The first kappa shape index (κ1) is 16.7. The Morgan fingerprint density at radius 1 is 0.667 bits per heavy atom. The molecule has 1 aliphatic rings. The Morgan fingerprint density at radius 3 is 1.54 bits per heavy atom. The van der Waals surface area contributed by atoms with E-state index in [9.17, 15) is 0 Å². The van der Waals surface area contributed by atoms with Crippen LogP contribution in [-0.2, 0) is 0 Å². The van der Waals surface area contributed by atoms with Crippen molar-refractivity contribution in [2.24, 2.45) is 0 Å². The van der Waals surface area contributed by atoms with E-state index in [0.29, 0.717) is 36.3 Å². The minimum atomic E-state index is 0.425. The van der Waals surface area contributed by atoms with Gasteiger partial charge in [0.05, 0.1) is 11.1 Å². The van der Waals surface area contributed by atoms with Crippen LogP contribution in [0.25, 0.3) is 0 Å². The van der Waals surface area contributed by atoms with E-state index < -0.39 is 0 Å². The largest absolute Gasteiger partial charge is 0.489 e. The third-order valence-corrected chi connectivity index (χ3v) is 4.29. The predicted molar refractivity (Wildman–Crippen MR) is 103 cm³/mol. The number of ether oxygens (including phenoxy) is 2. The summed E-state index contributed by atoms with van der Waals surface area (Å²) in [6.45, 7) is 2.18. The highest BCUT2D eigenvalue weighted by atomic mass is 32.1. The van der Waals surface area contributed by atoms with Crippen LogP contribution in [0, 0.1) is 0 Å². The van der Waals surface area contributed by atoms with Gasteiger partial charge in [-0.15, -0.1) is 0 Å². The molecule has 2 N–H and O–H groups in total. The average Bonchev–Trinajstić information content (AvgIpc) is 2.62.